The Bertz CT molecular complexity index is 472. The lowest BCUT2D eigenvalue weighted by Crippen LogP contribution is -2.38. The topological polar surface area (TPSA) is 32.3 Å². The first kappa shape index (κ1) is 15.0. The highest BCUT2D eigenvalue weighted by atomic mass is 16.2. The van der Waals surface area contributed by atoms with Crippen LogP contribution in [0.2, 0.25) is 0 Å². The van der Waals surface area contributed by atoms with E-state index >= 15 is 0 Å². The Morgan fingerprint density at radius 2 is 2.05 bits per heavy atom. The maximum Gasteiger partial charge on any atom is 0.241 e. The van der Waals surface area contributed by atoms with Crippen LogP contribution in [0.1, 0.15) is 57.3 Å². The lowest BCUT2D eigenvalue weighted by molar-refractivity contribution is -0.131. The molecule has 1 fully saturated rings. The zero-order chi connectivity index (χ0) is 14.7. The van der Waals surface area contributed by atoms with Crippen LogP contribution in [-0.2, 0) is 4.79 Å². The molecule has 1 aliphatic rings. The van der Waals surface area contributed by atoms with Gasteiger partial charge in [0.15, 0.2) is 0 Å². The fourth-order valence-corrected chi connectivity index (χ4v) is 2.98. The Morgan fingerprint density at radius 1 is 1.35 bits per heavy atom. The summed E-state index contributed by atoms with van der Waals surface area (Å²) in [6.07, 6.45) is 3.43. The van der Waals surface area contributed by atoms with Crippen molar-refractivity contribution >= 4 is 5.91 Å². The van der Waals surface area contributed by atoms with Crippen LogP contribution in [0.15, 0.2) is 24.3 Å². The number of rotatable bonds is 5. The summed E-state index contributed by atoms with van der Waals surface area (Å²) < 4.78 is 0. The number of hydrogen-bond acceptors (Lipinski definition) is 2. The zero-order valence-electron chi connectivity index (χ0n) is 13.0. The van der Waals surface area contributed by atoms with Crippen molar-refractivity contribution in [2.75, 3.05) is 0 Å². The van der Waals surface area contributed by atoms with Crippen molar-refractivity contribution in [2.45, 2.75) is 65.2 Å². The summed E-state index contributed by atoms with van der Waals surface area (Å²) in [6, 6.07) is 8.52. The Morgan fingerprint density at radius 3 is 2.70 bits per heavy atom. The quantitative estimate of drug-likeness (QED) is 0.892. The minimum Gasteiger partial charge on any atom is -0.319 e. The van der Waals surface area contributed by atoms with Crippen molar-refractivity contribution in [3.05, 3.63) is 35.4 Å². The number of hydrogen-bond donors (Lipinski definition) is 1. The summed E-state index contributed by atoms with van der Waals surface area (Å²) in [7, 11) is 0. The number of carbonyl (C=O) groups excluding carboxylic acids is 1. The van der Waals surface area contributed by atoms with Crippen molar-refractivity contribution in [1.29, 1.82) is 0 Å². The smallest absolute Gasteiger partial charge is 0.241 e. The van der Waals surface area contributed by atoms with Crippen molar-refractivity contribution in [3.8, 4) is 0 Å². The van der Waals surface area contributed by atoms with Crippen LogP contribution in [0, 0.1) is 6.92 Å². The van der Waals surface area contributed by atoms with Gasteiger partial charge in [0.2, 0.25) is 5.91 Å². The van der Waals surface area contributed by atoms with Gasteiger partial charge in [-0.25, -0.2) is 0 Å². The first-order chi connectivity index (χ1) is 9.56. The second-order valence-electron chi connectivity index (χ2n) is 5.88. The number of amides is 1. The molecule has 1 N–H and O–H groups in total. The van der Waals surface area contributed by atoms with Gasteiger partial charge < -0.3 is 4.90 Å². The molecule has 1 amide bonds. The Labute approximate surface area is 122 Å². The second-order valence-corrected chi connectivity index (χ2v) is 5.88. The Balaban J connectivity index is 2.26. The van der Waals surface area contributed by atoms with Gasteiger partial charge in [-0.05, 0) is 38.3 Å². The van der Waals surface area contributed by atoms with E-state index in [4.69, 9.17) is 0 Å². The molecule has 0 aliphatic carbocycles. The van der Waals surface area contributed by atoms with Crippen LogP contribution in [0.25, 0.3) is 0 Å². The number of nitrogens with one attached hydrogen (secondary N) is 1. The lowest BCUT2D eigenvalue weighted by atomic mass is 10.0. The maximum atomic E-state index is 12.5. The van der Waals surface area contributed by atoms with Crippen molar-refractivity contribution in [2.24, 2.45) is 0 Å². The standard InChI is InChI=1S/C17H26N2O/c1-5-6-10-13(3)19-16(18-14(4)17(19)20)15-11-8-7-9-12(15)2/h7-9,11,13-14,16,18H,5-6,10H2,1-4H3. The van der Waals surface area contributed by atoms with Crippen LogP contribution in [0.4, 0.5) is 0 Å². The highest BCUT2D eigenvalue weighted by Crippen LogP contribution is 2.30. The average molecular weight is 274 g/mol. The first-order valence-electron chi connectivity index (χ1n) is 7.70. The van der Waals surface area contributed by atoms with Crippen LogP contribution in [0.5, 0.6) is 0 Å². The molecule has 0 saturated carbocycles. The van der Waals surface area contributed by atoms with E-state index < -0.39 is 0 Å². The number of nitrogens with zero attached hydrogens (tertiary/aromatic N) is 1. The molecule has 1 saturated heterocycles. The SMILES string of the molecule is CCCCC(C)N1C(=O)C(C)NC1c1ccccc1C. The maximum absolute atomic E-state index is 12.5. The molecule has 2 rings (SSSR count). The van der Waals surface area contributed by atoms with E-state index in [9.17, 15) is 4.79 Å². The third kappa shape index (κ3) is 2.88. The molecule has 3 nitrogen and oxygen atoms in total. The van der Waals surface area contributed by atoms with Gasteiger partial charge >= 0.3 is 0 Å². The minimum absolute atomic E-state index is 0.0190. The number of carbonyl (C=O) groups is 1. The predicted octanol–water partition coefficient (Wildman–Crippen LogP) is 3.39. The van der Waals surface area contributed by atoms with Crippen LogP contribution < -0.4 is 5.32 Å². The molecule has 1 heterocycles. The van der Waals surface area contributed by atoms with E-state index in [1.807, 2.05) is 24.0 Å². The molecule has 3 atom stereocenters. The molecular formula is C17H26N2O. The van der Waals surface area contributed by atoms with Gasteiger partial charge in [0.05, 0.1) is 6.04 Å². The van der Waals surface area contributed by atoms with Gasteiger partial charge in [-0.3, -0.25) is 10.1 Å². The Hall–Kier alpha value is -1.35. The molecule has 1 aromatic rings. The number of aryl methyl sites for hydroxylation is 1. The molecule has 3 unspecified atom stereocenters. The molecule has 20 heavy (non-hydrogen) atoms. The largest absolute Gasteiger partial charge is 0.319 e. The second kappa shape index (κ2) is 6.40. The summed E-state index contributed by atoms with van der Waals surface area (Å²) in [5.74, 6) is 0.224. The van der Waals surface area contributed by atoms with E-state index in [2.05, 4.69) is 38.2 Å². The van der Waals surface area contributed by atoms with Gasteiger partial charge in [0.25, 0.3) is 0 Å². The molecule has 3 heteroatoms. The zero-order valence-corrected chi connectivity index (χ0v) is 13.0. The van der Waals surface area contributed by atoms with E-state index in [0.29, 0.717) is 0 Å². The van der Waals surface area contributed by atoms with Gasteiger partial charge in [0, 0.05) is 6.04 Å². The van der Waals surface area contributed by atoms with Gasteiger partial charge in [-0.1, -0.05) is 44.0 Å². The molecule has 0 radical (unpaired) electrons. The summed E-state index contributed by atoms with van der Waals surface area (Å²) >= 11 is 0. The van der Waals surface area contributed by atoms with E-state index in [-0.39, 0.29) is 24.2 Å². The highest BCUT2D eigenvalue weighted by molar-refractivity contribution is 5.84. The predicted molar refractivity (Wildman–Crippen MR) is 82.4 cm³/mol. The third-order valence-corrected chi connectivity index (χ3v) is 4.24. The normalized spacial score (nSPS) is 24.2. The van der Waals surface area contributed by atoms with Gasteiger partial charge in [-0.2, -0.15) is 0 Å². The summed E-state index contributed by atoms with van der Waals surface area (Å²) in [5, 5.41) is 3.44. The summed E-state index contributed by atoms with van der Waals surface area (Å²) in [6.45, 7) is 8.43. The molecule has 110 valence electrons. The van der Waals surface area contributed by atoms with E-state index in [0.717, 1.165) is 6.42 Å². The molecule has 0 spiro atoms. The molecular weight excluding hydrogens is 248 g/mol. The summed E-state index contributed by atoms with van der Waals surface area (Å²) in [4.78, 5) is 14.5. The van der Waals surface area contributed by atoms with E-state index in [1.165, 1.54) is 24.0 Å². The molecule has 1 aliphatic heterocycles. The molecule has 1 aromatic carbocycles. The van der Waals surface area contributed by atoms with Crippen LogP contribution >= 0.6 is 0 Å². The number of unbranched alkanes of at least 4 members (excludes halogenated alkanes) is 1. The first-order valence-corrected chi connectivity index (χ1v) is 7.70. The highest BCUT2D eigenvalue weighted by Gasteiger charge is 2.39. The minimum atomic E-state index is -0.0938. The van der Waals surface area contributed by atoms with Crippen molar-refractivity contribution in [1.82, 2.24) is 10.2 Å². The van der Waals surface area contributed by atoms with Gasteiger partial charge in [0.1, 0.15) is 6.17 Å². The molecule has 0 bridgehead atoms. The molecule has 0 aromatic heterocycles. The number of benzene rings is 1. The monoisotopic (exact) mass is 274 g/mol. The Kier molecular flexibility index (Phi) is 4.81. The van der Waals surface area contributed by atoms with Crippen LogP contribution in [-0.4, -0.2) is 22.9 Å². The van der Waals surface area contributed by atoms with E-state index in [1.54, 1.807) is 0 Å². The van der Waals surface area contributed by atoms with Crippen LogP contribution in [0.3, 0.4) is 0 Å². The van der Waals surface area contributed by atoms with Gasteiger partial charge in [-0.15, -0.1) is 0 Å². The average Bonchev–Trinajstić information content (AvgIpc) is 2.73. The fraction of sp³-hybridized carbons (Fsp3) is 0.588. The third-order valence-electron chi connectivity index (χ3n) is 4.24. The van der Waals surface area contributed by atoms with Crippen molar-refractivity contribution in [3.63, 3.8) is 0 Å². The summed E-state index contributed by atoms with van der Waals surface area (Å²) in [5.41, 5.74) is 2.45. The lowest BCUT2D eigenvalue weighted by Gasteiger charge is -2.31. The van der Waals surface area contributed by atoms with Crippen molar-refractivity contribution < 1.29 is 4.79 Å². The fourth-order valence-electron chi connectivity index (χ4n) is 2.98.